The first-order valence-electron chi connectivity index (χ1n) is 11.3. The molecular formula is C25H29F2N3O2. The normalized spacial score (nSPS) is 18.2. The zero-order chi connectivity index (χ0) is 22.5. The lowest BCUT2D eigenvalue weighted by Gasteiger charge is -2.40. The predicted molar refractivity (Wildman–Crippen MR) is 118 cm³/mol. The molecule has 2 aliphatic rings. The summed E-state index contributed by atoms with van der Waals surface area (Å²) in [6, 6.07) is 13.0. The van der Waals surface area contributed by atoms with Crippen molar-refractivity contribution in [3.63, 3.8) is 0 Å². The number of rotatable bonds is 8. The molecule has 0 saturated carbocycles. The molecule has 0 radical (unpaired) electrons. The van der Waals surface area contributed by atoms with E-state index < -0.39 is 0 Å². The van der Waals surface area contributed by atoms with Gasteiger partial charge >= 0.3 is 0 Å². The highest BCUT2D eigenvalue weighted by Crippen LogP contribution is 2.30. The van der Waals surface area contributed by atoms with E-state index in [1.807, 2.05) is 0 Å². The van der Waals surface area contributed by atoms with Gasteiger partial charge in [0.05, 0.1) is 6.04 Å². The molecule has 5 nitrogen and oxygen atoms in total. The maximum absolute atomic E-state index is 13.5. The highest BCUT2D eigenvalue weighted by atomic mass is 19.1. The Morgan fingerprint density at radius 1 is 0.688 bits per heavy atom. The number of likely N-dealkylation sites (tertiary alicyclic amines) is 1. The number of halogens is 2. The Morgan fingerprint density at radius 2 is 1.16 bits per heavy atom. The van der Waals surface area contributed by atoms with E-state index in [-0.39, 0.29) is 29.5 Å². The molecule has 170 valence electrons. The quantitative estimate of drug-likeness (QED) is 0.464. The van der Waals surface area contributed by atoms with E-state index in [0.717, 1.165) is 56.7 Å². The molecule has 7 heteroatoms. The number of benzene rings is 2. The van der Waals surface area contributed by atoms with Crippen LogP contribution in [0.4, 0.5) is 8.78 Å². The van der Waals surface area contributed by atoms with Gasteiger partial charge in [-0.25, -0.2) is 8.78 Å². The summed E-state index contributed by atoms with van der Waals surface area (Å²) in [5.74, 6) is -0.630. The Balaban J connectivity index is 1.32. The first-order valence-corrected chi connectivity index (χ1v) is 11.3. The largest absolute Gasteiger partial charge is 0.301 e. The average Bonchev–Trinajstić information content (AvgIpc) is 3.12. The van der Waals surface area contributed by atoms with Crippen molar-refractivity contribution in [3.8, 4) is 0 Å². The van der Waals surface area contributed by atoms with Gasteiger partial charge in [-0.3, -0.25) is 19.4 Å². The van der Waals surface area contributed by atoms with E-state index in [2.05, 4.69) is 9.80 Å². The summed E-state index contributed by atoms with van der Waals surface area (Å²) in [4.78, 5) is 29.6. The lowest BCUT2D eigenvalue weighted by Crippen LogP contribution is -2.48. The maximum atomic E-state index is 13.5. The van der Waals surface area contributed by atoms with Gasteiger partial charge < -0.3 is 4.90 Å². The van der Waals surface area contributed by atoms with Crippen molar-refractivity contribution in [3.05, 3.63) is 71.3 Å². The van der Waals surface area contributed by atoms with Gasteiger partial charge in [-0.1, -0.05) is 24.3 Å². The smallest absolute Gasteiger partial charge is 0.229 e. The summed E-state index contributed by atoms with van der Waals surface area (Å²) < 4.78 is 27.0. The topological polar surface area (TPSA) is 43.9 Å². The fraction of sp³-hybridized carbons (Fsp3) is 0.440. The van der Waals surface area contributed by atoms with Crippen molar-refractivity contribution in [2.75, 3.05) is 39.3 Å². The van der Waals surface area contributed by atoms with E-state index in [1.54, 1.807) is 24.3 Å². The molecule has 0 aliphatic carbocycles. The van der Waals surface area contributed by atoms with Crippen LogP contribution in [0, 0.1) is 11.6 Å². The van der Waals surface area contributed by atoms with Gasteiger partial charge in [0.25, 0.3) is 0 Å². The monoisotopic (exact) mass is 441 g/mol. The summed E-state index contributed by atoms with van der Waals surface area (Å²) in [6.45, 7) is 4.96. The van der Waals surface area contributed by atoms with Crippen LogP contribution in [0.5, 0.6) is 0 Å². The molecule has 0 atom stereocenters. The van der Waals surface area contributed by atoms with E-state index >= 15 is 0 Å². The number of unbranched alkanes of at least 4 members (excludes halogenated alkanes) is 1. The van der Waals surface area contributed by atoms with Crippen LogP contribution in [0.3, 0.4) is 0 Å². The standard InChI is InChI=1S/C25H29F2N3O2/c26-21-7-3-19(4-8-21)25(20-5-9-22(27)10-6-20)29-17-15-28(16-18-29)13-1-2-14-30-23(31)11-12-24(30)32/h3-10,25H,1-2,11-18H2. The molecule has 2 fully saturated rings. The molecule has 2 heterocycles. The van der Waals surface area contributed by atoms with Crippen molar-refractivity contribution in [2.24, 2.45) is 0 Å². The maximum Gasteiger partial charge on any atom is 0.229 e. The Morgan fingerprint density at radius 3 is 1.66 bits per heavy atom. The summed E-state index contributed by atoms with van der Waals surface area (Å²) in [7, 11) is 0. The predicted octanol–water partition coefficient (Wildman–Crippen LogP) is 3.60. The van der Waals surface area contributed by atoms with Crippen molar-refractivity contribution >= 4 is 11.8 Å². The summed E-state index contributed by atoms with van der Waals surface area (Å²) in [5, 5.41) is 0. The zero-order valence-electron chi connectivity index (χ0n) is 18.2. The van der Waals surface area contributed by atoms with Crippen LogP contribution < -0.4 is 0 Å². The van der Waals surface area contributed by atoms with Gasteiger partial charge in [-0.05, 0) is 54.8 Å². The number of nitrogens with zero attached hydrogens (tertiary/aromatic N) is 3. The van der Waals surface area contributed by atoms with E-state index in [4.69, 9.17) is 0 Å². The molecule has 0 spiro atoms. The number of carbonyl (C=O) groups excluding carboxylic acids is 2. The van der Waals surface area contributed by atoms with Crippen molar-refractivity contribution in [1.82, 2.24) is 14.7 Å². The van der Waals surface area contributed by atoms with Crippen LogP contribution in [0.2, 0.25) is 0 Å². The van der Waals surface area contributed by atoms with Crippen LogP contribution in [0.25, 0.3) is 0 Å². The van der Waals surface area contributed by atoms with Crippen LogP contribution in [0.1, 0.15) is 42.9 Å². The van der Waals surface area contributed by atoms with Crippen LogP contribution >= 0.6 is 0 Å². The highest BCUT2D eigenvalue weighted by Gasteiger charge is 2.29. The molecule has 0 bridgehead atoms. The van der Waals surface area contributed by atoms with Gasteiger partial charge in [0.1, 0.15) is 11.6 Å². The third-order valence-corrected chi connectivity index (χ3v) is 6.40. The fourth-order valence-electron chi connectivity index (χ4n) is 4.63. The van der Waals surface area contributed by atoms with E-state index in [0.29, 0.717) is 19.4 Å². The second-order valence-electron chi connectivity index (χ2n) is 8.53. The van der Waals surface area contributed by atoms with Gasteiger partial charge in [-0.2, -0.15) is 0 Å². The zero-order valence-corrected chi connectivity index (χ0v) is 18.2. The lowest BCUT2D eigenvalue weighted by molar-refractivity contribution is -0.138. The van der Waals surface area contributed by atoms with Crippen molar-refractivity contribution < 1.29 is 18.4 Å². The molecule has 4 rings (SSSR count). The Hall–Kier alpha value is -2.64. The van der Waals surface area contributed by atoms with E-state index in [1.165, 1.54) is 29.2 Å². The second-order valence-corrected chi connectivity index (χ2v) is 8.53. The van der Waals surface area contributed by atoms with Gasteiger partial charge in [-0.15, -0.1) is 0 Å². The highest BCUT2D eigenvalue weighted by molar-refractivity contribution is 6.01. The molecule has 0 aromatic heterocycles. The number of carbonyl (C=O) groups is 2. The van der Waals surface area contributed by atoms with Crippen molar-refractivity contribution in [2.45, 2.75) is 31.7 Å². The first kappa shape index (κ1) is 22.6. The van der Waals surface area contributed by atoms with E-state index in [9.17, 15) is 18.4 Å². The van der Waals surface area contributed by atoms with Gasteiger partial charge in [0, 0.05) is 45.6 Å². The van der Waals surface area contributed by atoms with Crippen molar-refractivity contribution in [1.29, 1.82) is 0 Å². The molecule has 2 aromatic carbocycles. The minimum atomic E-state index is -0.270. The minimum absolute atomic E-state index is 0.0451. The molecule has 32 heavy (non-hydrogen) atoms. The number of imide groups is 1. The third kappa shape index (κ3) is 5.40. The molecular weight excluding hydrogens is 412 g/mol. The number of amides is 2. The lowest BCUT2D eigenvalue weighted by atomic mass is 9.96. The third-order valence-electron chi connectivity index (χ3n) is 6.40. The molecule has 2 amide bonds. The van der Waals surface area contributed by atoms with Crippen LogP contribution in [-0.2, 0) is 9.59 Å². The number of piperazine rings is 1. The minimum Gasteiger partial charge on any atom is -0.301 e. The van der Waals surface area contributed by atoms with Crippen LogP contribution in [-0.4, -0.2) is 65.8 Å². The molecule has 0 unspecified atom stereocenters. The average molecular weight is 442 g/mol. The molecule has 0 N–H and O–H groups in total. The summed E-state index contributed by atoms with van der Waals surface area (Å²) >= 11 is 0. The number of hydrogen-bond acceptors (Lipinski definition) is 4. The van der Waals surface area contributed by atoms with Crippen LogP contribution in [0.15, 0.2) is 48.5 Å². The molecule has 2 aromatic rings. The molecule has 2 aliphatic heterocycles. The Kier molecular flexibility index (Phi) is 7.27. The summed E-state index contributed by atoms with van der Waals surface area (Å²) in [6.07, 6.45) is 2.47. The first-order chi connectivity index (χ1) is 15.5. The second kappa shape index (κ2) is 10.3. The van der Waals surface area contributed by atoms with Gasteiger partial charge in [0.15, 0.2) is 0 Å². The summed E-state index contributed by atoms with van der Waals surface area (Å²) in [5.41, 5.74) is 1.98. The fourth-order valence-corrected chi connectivity index (χ4v) is 4.63. The molecule has 2 saturated heterocycles. The number of hydrogen-bond donors (Lipinski definition) is 0. The Bertz CT molecular complexity index is 864. The SMILES string of the molecule is O=C1CCC(=O)N1CCCCN1CCN(C(c2ccc(F)cc2)c2ccc(F)cc2)CC1. The van der Waals surface area contributed by atoms with Gasteiger partial charge in [0.2, 0.25) is 11.8 Å². The Labute approximate surface area is 187 Å².